The van der Waals surface area contributed by atoms with Crippen LogP contribution in [0.1, 0.15) is 12.5 Å². The van der Waals surface area contributed by atoms with Crippen LogP contribution in [0.2, 0.25) is 0 Å². The molecule has 18 heavy (non-hydrogen) atoms. The van der Waals surface area contributed by atoms with Gasteiger partial charge in [-0.15, -0.1) is 0 Å². The quantitative estimate of drug-likeness (QED) is 0.846. The van der Waals surface area contributed by atoms with E-state index in [1.165, 1.54) is 0 Å². The van der Waals surface area contributed by atoms with Crippen LogP contribution in [-0.4, -0.2) is 27.6 Å². The summed E-state index contributed by atoms with van der Waals surface area (Å²) in [5.74, 6) is 0.779. The van der Waals surface area contributed by atoms with E-state index in [-0.39, 0.29) is 0 Å². The highest BCUT2D eigenvalue weighted by Crippen LogP contribution is 2.10. The van der Waals surface area contributed by atoms with Gasteiger partial charge < -0.3 is 9.84 Å². The predicted molar refractivity (Wildman–Crippen MR) is 69.5 cm³/mol. The van der Waals surface area contributed by atoms with Crippen LogP contribution in [0.3, 0.4) is 0 Å². The molecule has 0 saturated carbocycles. The number of hydrogen-bond acceptors (Lipinski definition) is 3. The number of ether oxygens (including phenoxy) is 1. The van der Waals surface area contributed by atoms with E-state index < -0.39 is 6.10 Å². The van der Waals surface area contributed by atoms with E-state index in [2.05, 4.69) is 5.10 Å². The molecule has 96 valence electrons. The molecule has 0 fully saturated rings. The van der Waals surface area contributed by atoms with Crippen LogP contribution in [0.4, 0.5) is 0 Å². The molecule has 0 aliphatic heterocycles. The fraction of sp³-hybridized carbons (Fsp3) is 0.357. The number of aliphatic hydroxyl groups excluding tert-OH is 1. The molecular weight excluding hydrogens is 228 g/mol. The van der Waals surface area contributed by atoms with Crippen molar-refractivity contribution >= 4 is 0 Å². The van der Waals surface area contributed by atoms with Crippen LogP contribution in [0.15, 0.2) is 42.7 Å². The zero-order valence-corrected chi connectivity index (χ0v) is 10.5. The first kappa shape index (κ1) is 12.6. The highest BCUT2D eigenvalue weighted by molar-refractivity contribution is 5.21. The van der Waals surface area contributed by atoms with E-state index >= 15 is 0 Å². The maximum atomic E-state index is 9.88. The Morgan fingerprint density at radius 3 is 2.78 bits per heavy atom. The molecule has 0 spiro atoms. The number of aliphatic hydroxyl groups is 1. The highest BCUT2D eigenvalue weighted by Gasteiger charge is 2.08. The third-order valence-electron chi connectivity index (χ3n) is 2.67. The average Bonchev–Trinajstić information content (AvgIpc) is 2.85. The topological polar surface area (TPSA) is 47.3 Å². The number of hydrogen-bond donors (Lipinski definition) is 1. The molecule has 2 aromatic rings. The molecule has 0 aliphatic rings. The van der Waals surface area contributed by atoms with Gasteiger partial charge in [0.1, 0.15) is 12.4 Å². The second kappa shape index (κ2) is 6.21. The first-order valence-electron chi connectivity index (χ1n) is 6.15. The van der Waals surface area contributed by atoms with Crippen molar-refractivity contribution in [3.05, 3.63) is 48.3 Å². The van der Waals surface area contributed by atoms with Gasteiger partial charge in [0.15, 0.2) is 0 Å². The van der Waals surface area contributed by atoms with Gasteiger partial charge in [-0.25, -0.2) is 0 Å². The van der Waals surface area contributed by atoms with Gasteiger partial charge in [0.05, 0.1) is 12.3 Å². The number of para-hydroxylation sites is 1. The fourth-order valence-electron chi connectivity index (χ4n) is 1.72. The third kappa shape index (κ3) is 3.60. The summed E-state index contributed by atoms with van der Waals surface area (Å²) in [6, 6.07) is 9.51. The van der Waals surface area contributed by atoms with Gasteiger partial charge in [-0.3, -0.25) is 4.68 Å². The van der Waals surface area contributed by atoms with Crippen molar-refractivity contribution in [2.24, 2.45) is 0 Å². The fourth-order valence-corrected chi connectivity index (χ4v) is 1.72. The highest BCUT2D eigenvalue weighted by atomic mass is 16.5. The Balaban J connectivity index is 1.80. The average molecular weight is 246 g/mol. The van der Waals surface area contributed by atoms with Crippen molar-refractivity contribution in [2.45, 2.75) is 26.0 Å². The van der Waals surface area contributed by atoms with Crippen LogP contribution in [0.25, 0.3) is 0 Å². The van der Waals surface area contributed by atoms with Gasteiger partial charge in [0, 0.05) is 19.2 Å². The third-order valence-corrected chi connectivity index (χ3v) is 2.67. The van der Waals surface area contributed by atoms with Crippen molar-refractivity contribution < 1.29 is 9.84 Å². The Bertz CT molecular complexity index is 468. The van der Waals surface area contributed by atoms with Gasteiger partial charge in [-0.2, -0.15) is 5.10 Å². The van der Waals surface area contributed by atoms with E-state index in [9.17, 15) is 5.11 Å². The minimum atomic E-state index is -0.514. The minimum absolute atomic E-state index is 0.293. The van der Waals surface area contributed by atoms with E-state index in [0.717, 1.165) is 17.9 Å². The van der Waals surface area contributed by atoms with E-state index in [0.29, 0.717) is 13.0 Å². The summed E-state index contributed by atoms with van der Waals surface area (Å²) in [6.45, 7) is 3.17. The standard InChI is InChI=1S/C14H18N2O2/c1-2-16-10-12(9-15-16)8-13(17)11-18-14-6-4-3-5-7-14/h3-7,9-10,13,17H,2,8,11H2,1H3. The van der Waals surface area contributed by atoms with Crippen LogP contribution < -0.4 is 4.74 Å². The number of benzene rings is 1. The lowest BCUT2D eigenvalue weighted by Gasteiger charge is -2.11. The van der Waals surface area contributed by atoms with Crippen LogP contribution >= 0.6 is 0 Å². The Hall–Kier alpha value is -1.81. The molecule has 4 heteroatoms. The van der Waals surface area contributed by atoms with Crippen molar-refractivity contribution in [2.75, 3.05) is 6.61 Å². The normalized spacial score (nSPS) is 12.3. The summed E-state index contributed by atoms with van der Waals surface area (Å²) in [6.07, 6.45) is 3.79. The first-order valence-corrected chi connectivity index (χ1v) is 6.15. The zero-order chi connectivity index (χ0) is 12.8. The lowest BCUT2D eigenvalue weighted by atomic mass is 10.2. The summed E-state index contributed by atoms with van der Waals surface area (Å²) in [4.78, 5) is 0. The number of nitrogens with zero attached hydrogens (tertiary/aromatic N) is 2. The molecule has 1 atom stereocenters. The number of aryl methyl sites for hydroxylation is 1. The summed E-state index contributed by atoms with van der Waals surface area (Å²) >= 11 is 0. The van der Waals surface area contributed by atoms with Crippen molar-refractivity contribution in [3.8, 4) is 5.75 Å². The summed E-state index contributed by atoms with van der Waals surface area (Å²) in [5.41, 5.74) is 1.03. The van der Waals surface area contributed by atoms with Crippen LogP contribution in [0, 0.1) is 0 Å². The predicted octanol–water partition coefficient (Wildman–Crippen LogP) is 1.89. The van der Waals surface area contributed by atoms with Crippen molar-refractivity contribution in [3.63, 3.8) is 0 Å². The van der Waals surface area contributed by atoms with Gasteiger partial charge in [-0.05, 0) is 24.6 Å². The molecule has 1 N–H and O–H groups in total. The molecule has 1 aromatic heterocycles. The minimum Gasteiger partial charge on any atom is -0.491 e. The Morgan fingerprint density at radius 1 is 1.33 bits per heavy atom. The number of rotatable bonds is 6. The Kier molecular flexibility index (Phi) is 4.36. The van der Waals surface area contributed by atoms with Crippen molar-refractivity contribution in [1.82, 2.24) is 9.78 Å². The lowest BCUT2D eigenvalue weighted by molar-refractivity contribution is 0.108. The smallest absolute Gasteiger partial charge is 0.119 e. The lowest BCUT2D eigenvalue weighted by Crippen LogP contribution is -2.19. The van der Waals surface area contributed by atoms with E-state index in [1.54, 1.807) is 6.20 Å². The van der Waals surface area contributed by atoms with E-state index in [1.807, 2.05) is 48.1 Å². The van der Waals surface area contributed by atoms with Gasteiger partial charge in [0.25, 0.3) is 0 Å². The monoisotopic (exact) mass is 246 g/mol. The van der Waals surface area contributed by atoms with Crippen molar-refractivity contribution in [1.29, 1.82) is 0 Å². The maximum absolute atomic E-state index is 9.88. The molecule has 0 amide bonds. The van der Waals surface area contributed by atoms with Crippen LogP contribution in [-0.2, 0) is 13.0 Å². The molecule has 0 bridgehead atoms. The first-order chi connectivity index (χ1) is 8.78. The summed E-state index contributed by atoms with van der Waals surface area (Å²) in [5, 5.41) is 14.1. The van der Waals surface area contributed by atoms with Gasteiger partial charge in [-0.1, -0.05) is 18.2 Å². The number of aromatic nitrogens is 2. The Labute approximate surface area is 107 Å². The molecule has 0 saturated heterocycles. The zero-order valence-electron chi connectivity index (χ0n) is 10.5. The second-order valence-electron chi connectivity index (χ2n) is 4.19. The van der Waals surface area contributed by atoms with Crippen LogP contribution in [0.5, 0.6) is 5.75 Å². The largest absolute Gasteiger partial charge is 0.491 e. The van der Waals surface area contributed by atoms with Gasteiger partial charge >= 0.3 is 0 Å². The molecule has 0 aliphatic carbocycles. The maximum Gasteiger partial charge on any atom is 0.119 e. The molecule has 1 aromatic carbocycles. The second-order valence-corrected chi connectivity index (χ2v) is 4.19. The van der Waals surface area contributed by atoms with Gasteiger partial charge in [0.2, 0.25) is 0 Å². The molecular formula is C14H18N2O2. The van der Waals surface area contributed by atoms with E-state index in [4.69, 9.17) is 4.74 Å². The molecule has 0 radical (unpaired) electrons. The summed E-state index contributed by atoms with van der Waals surface area (Å²) < 4.78 is 7.34. The molecule has 1 unspecified atom stereocenters. The molecule has 1 heterocycles. The summed E-state index contributed by atoms with van der Waals surface area (Å²) in [7, 11) is 0. The molecule has 4 nitrogen and oxygen atoms in total. The Morgan fingerprint density at radius 2 is 2.11 bits per heavy atom. The molecule has 2 rings (SSSR count). The SMILES string of the molecule is CCn1cc(CC(O)COc2ccccc2)cn1.